The van der Waals surface area contributed by atoms with Crippen molar-refractivity contribution in [1.29, 1.82) is 0 Å². The Labute approximate surface area is 246 Å². The molecule has 0 spiro atoms. The third-order valence-electron chi connectivity index (χ3n) is 8.61. The van der Waals surface area contributed by atoms with E-state index in [4.69, 9.17) is 29.4 Å². The number of hydrogen-bond donors (Lipinski definition) is 0. The quantitative estimate of drug-likeness (QED) is 0.354. The van der Waals surface area contributed by atoms with Gasteiger partial charge in [-0.15, -0.1) is 0 Å². The van der Waals surface area contributed by atoms with E-state index in [2.05, 4.69) is 27.4 Å². The van der Waals surface area contributed by atoms with Crippen LogP contribution in [0.2, 0.25) is 0 Å². The standard InChI is InChI=1S/C34H36N4O4/c1-9-21-17(3)24-13-25-19(5)23(11-12-32(39)41-7)30(37-25)16-31-33(34(40)42-8)20(6)27(38-31)15-29-22(10-2)18(4)26(36-29)14-28(21)35-24/h9,13-16,19,23H,1,10-12H2,2-8H3/t19-,23-/m0/s1. The maximum atomic E-state index is 13.0. The molecule has 0 aromatic heterocycles. The lowest BCUT2D eigenvalue weighted by Crippen LogP contribution is -2.17. The number of aliphatic imine (C=N–C) groups is 4. The van der Waals surface area contributed by atoms with Gasteiger partial charge < -0.3 is 9.47 Å². The minimum Gasteiger partial charge on any atom is -0.469 e. The number of rotatable bonds is 6. The predicted molar refractivity (Wildman–Crippen MR) is 167 cm³/mol. The molecule has 0 saturated carbocycles. The maximum absolute atomic E-state index is 13.0. The van der Waals surface area contributed by atoms with Crippen molar-refractivity contribution >= 4 is 34.8 Å². The van der Waals surface area contributed by atoms with Gasteiger partial charge in [-0.2, -0.15) is 0 Å². The third-order valence-corrected chi connectivity index (χ3v) is 8.61. The van der Waals surface area contributed by atoms with Gasteiger partial charge in [-0.25, -0.2) is 19.8 Å². The molecule has 0 N–H and O–H groups in total. The second kappa shape index (κ2) is 11.4. The van der Waals surface area contributed by atoms with Crippen LogP contribution in [0.4, 0.5) is 0 Å². The molecule has 0 unspecified atom stereocenters. The molecule has 216 valence electrons. The van der Waals surface area contributed by atoms with E-state index < -0.39 is 5.97 Å². The van der Waals surface area contributed by atoms with Crippen LogP contribution in [0.3, 0.4) is 0 Å². The van der Waals surface area contributed by atoms with Crippen molar-refractivity contribution in [2.75, 3.05) is 14.2 Å². The first-order valence-corrected chi connectivity index (χ1v) is 14.2. The second-order valence-corrected chi connectivity index (χ2v) is 10.9. The third kappa shape index (κ3) is 4.95. The Morgan fingerprint density at radius 2 is 1.50 bits per heavy atom. The van der Waals surface area contributed by atoms with E-state index in [1.54, 1.807) is 0 Å². The minimum atomic E-state index is -0.463. The van der Waals surface area contributed by atoms with Gasteiger partial charge in [0, 0.05) is 35.2 Å². The van der Waals surface area contributed by atoms with Crippen LogP contribution in [0.1, 0.15) is 53.9 Å². The van der Waals surface area contributed by atoms with Crippen molar-refractivity contribution in [3.05, 3.63) is 93.2 Å². The first-order chi connectivity index (χ1) is 20.1. The molecule has 0 radical (unpaired) electrons. The SMILES string of the molecule is C=CC1=C(C)C2=CC3=NC(=CC4=NC(=CC5=NC(=CC1=N2)C(C)=C5CC)C(C)=C4C(=O)OC)[C@@H](CCC(=O)OC)[C@@H]3C. The van der Waals surface area contributed by atoms with Crippen molar-refractivity contribution in [2.24, 2.45) is 31.8 Å². The van der Waals surface area contributed by atoms with Gasteiger partial charge in [-0.05, 0) is 80.2 Å². The van der Waals surface area contributed by atoms with Crippen LogP contribution in [0, 0.1) is 11.8 Å². The summed E-state index contributed by atoms with van der Waals surface area (Å²) < 4.78 is 10.1. The molecule has 0 amide bonds. The summed E-state index contributed by atoms with van der Waals surface area (Å²) in [7, 11) is 2.76. The fourth-order valence-corrected chi connectivity index (χ4v) is 6.05. The number of nitrogens with zero attached hydrogens (tertiary/aromatic N) is 4. The number of hydrogen-bond acceptors (Lipinski definition) is 8. The highest BCUT2D eigenvalue weighted by Crippen LogP contribution is 2.39. The van der Waals surface area contributed by atoms with Crippen LogP contribution in [0.25, 0.3) is 0 Å². The predicted octanol–water partition coefficient (Wildman–Crippen LogP) is 6.28. The van der Waals surface area contributed by atoms with Crippen LogP contribution in [-0.2, 0) is 19.1 Å². The molecule has 0 fully saturated rings. The Morgan fingerprint density at radius 3 is 2.17 bits per heavy atom. The minimum absolute atomic E-state index is 0.01000. The zero-order chi connectivity index (χ0) is 30.3. The van der Waals surface area contributed by atoms with Crippen LogP contribution < -0.4 is 0 Å². The highest BCUT2D eigenvalue weighted by molar-refractivity contribution is 6.28. The molecule has 8 nitrogen and oxygen atoms in total. The van der Waals surface area contributed by atoms with Gasteiger partial charge in [0.15, 0.2) is 0 Å². The van der Waals surface area contributed by atoms with E-state index in [9.17, 15) is 9.59 Å². The number of allylic oxidation sites excluding steroid dienone is 11. The molecule has 42 heavy (non-hydrogen) atoms. The molecular formula is C34H36N4O4. The number of esters is 2. The van der Waals surface area contributed by atoms with Gasteiger partial charge in [0.2, 0.25) is 0 Å². The zero-order valence-corrected chi connectivity index (χ0v) is 25.3. The highest BCUT2D eigenvalue weighted by atomic mass is 16.5. The summed E-state index contributed by atoms with van der Waals surface area (Å²) in [6, 6.07) is 0. The van der Waals surface area contributed by atoms with Crippen molar-refractivity contribution < 1.29 is 19.1 Å². The number of ether oxygens (including phenoxy) is 2. The summed E-state index contributed by atoms with van der Waals surface area (Å²) in [5, 5.41) is 0. The molecule has 0 aromatic carbocycles. The van der Waals surface area contributed by atoms with E-state index in [1.165, 1.54) is 14.2 Å². The zero-order valence-electron chi connectivity index (χ0n) is 25.3. The van der Waals surface area contributed by atoms with E-state index >= 15 is 0 Å². The van der Waals surface area contributed by atoms with Gasteiger partial charge in [0.1, 0.15) is 0 Å². The summed E-state index contributed by atoms with van der Waals surface area (Å²) in [5.41, 5.74) is 11.3. The number of carbonyl (C=O) groups is 2. The van der Waals surface area contributed by atoms with Crippen LogP contribution in [-0.4, -0.2) is 49.0 Å². The molecule has 5 rings (SSSR count). The summed E-state index contributed by atoms with van der Waals surface area (Å²) >= 11 is 0. The van der Waals surface area contributed by atoms with Crippen molar-refractivity contribution in [2.45, 2.75) is 53.9 Å². The molecule has 5 heterocycles. The summed E-state index contributed by atoms with van der Waals surface area (Å²) in [6.07, 6.45) is 11.2. The summed E-state index contributed by atoms with van der Waals surface area (Å²) in [4.78, 5) is 45.1. The lowest BCUT2D eigenvalue weighted by atomic mass is 9.86. The van der Waals surface area contributed by atoms with Gasteiger partial charge in [0.25, 0.3) is 0 Å². The van der Waals surface area contributed by atoms with Crippen molar-refractivity contribution in [1.82, 2.24) is 0 Å². The first-order valence-electron chi connectivity index (χ1n) is 14.2. The van der Waals surface area contributed by atoms with Gasteiger partial charge in [-0.1, -0.05) is 26.5 Å². The Balaban J connectivity index is 1.77. The topological polar surface area (TPSA) is 102 Å². The molecule has 2 atom stereocenters. The number of fused-ring (bicyclic) bond motifs is 4. The lowest BCUT2D eigenvalue weighted by molar-refractivity contribution is -0.141. The monoisotopic (exact) mass is 564 g/mol. The van der Waals surface area contributed by atoms with Crippen LogP contribution in [0.15, 0.2) is 113 Å². The van der Waals surface area contributed by atoms with E-state index in [1.807, 2.05) is 44.2 Å². The maximum Gasteiger partial charge on any atom is 0.340 e. The Morgan fingerprint density at radius 1 is 0.857 bits per heavy atom. The highest BCUT2D eigenvalue weighted by Gasteiger charge is 2.35. The molecule has 0 aromatic rings. The molecule has 8 bridgehead atoms. The van der Waals surface area contributed by atoms with Gasteiger partial charge in [-0.3, -0.25) is 9.79 Å². The molecule has 0 saturated heterocycles. The molecule has 8 heteroatoms. The largest absolute Gasteiger partial charge is 0.469 e. The van der Waals surface area contributed by atoms with Gasteiger partial charge in [0.05, 0.1) is 54.0 Å². The second-order valence-electron chi connectivity index (χ2n) is 10.9. The van der Waals surface area contributed by atoms with Crippen LogP contribution in [0.5, 0.6) is 0 Å². The summed E-state index contributed by atoms with van der Waals surface area (Å²) in [5.74, 6) is -0.840. The number of carbonyl (C=O) groups excluding carboxylic acids is 2. The average molecular weight is 565 g/mol. The first kappa shape index (κ1) is 29.0. The normalized spacial score (nSPS) is 23.1. The van der Waals surface area contributed by atoms with Gasteiger partial charge >= 0.3 is 11.9 Å². The van der Waals surface area contributed by atoms with E-state index in [-0.39, 0.29) is 24.2 Å². The molecule has 0 aliphatic carbocycles. The van der Waals surface area contributed by atoms with E-state index in [0.29, 0.717) is 29.0 Å². The molecule has 5 aliphatic rings. The Bertz CT molecular complexity index is 1660. The molecular weight excluding hydrogens is 528 g/mol. The number of methoxy groups -OCH3 is 2. The van der Waals surface area contributed by atoms with Crippen molar-refractivity contribution in [3.63, 3.8) is 0 Å². The molecule has 5 aliphatic heterocycles. The Kier molecular flexibility index (Phi) is 7.91. The van der Waals surface area contributed by atoms with E-state index in [0.717, 1.165) is 62.9 Å². The average Bonchev–Trinajstić information content (AvgIpc) is 3.64. The smallest absolute Gasteiger partial charge is 0.340 e. The fourth-order valence-electron chi connectivity index (χ4n) is 6.05. The Hall–Kier alpha value is -4.46. The summed E-state index contributed by atoms with van der Waals surface area (Å²) in [6.45, 7) is 14.2. The fraction of sp³-hybridized carbons (Fsp3) is 0.353. The lowest BCUT2D eigenvalue weighted by Gasteiger charge is -2.17. The van der Waals surface area contributed by atoms with Crippen molar-refractivity contribution in [3.8, 4) is 0 Å². The van der Waals surface area contributed by atoms with Crippen LogP contribution >= 0.6 is 0 Å².